The first-order valence-corrected chi connectivity index (χ1v) is 12.5. The molecule has 4 heterocycles. The van der Waals surface area contributed by atoms with Crippen molar-refractivity contribution in [2.45, 2.75) is 58.0 Å². The van der Waals surface area contributed by atoms with E-state index in [4.69, 9.17) is 9.97 Å². The Morgan fingerprint density at radius 1 is 1.08 bits per heavy atom. The number of aromatic nitrogens is 6. The van der Waals surface area contributed by atoms with E-state index in [1.54, 1.807) is 24.5 Å². The van der Waals surface area contributed by atoms with Gasteiger partial charge >= 0.3 is 0 Å². The zero-order valence-electron chi connectivity index (χ0n) is 20.4. The molecule has 1 atom stereocenters. The predicted molar refractivity (Wildman–Crippen MR) is 137 cm³/mol. The summed E-state index contributed by atoms with van der Waals surface area (Å²) < 4.78 is 2.09. The summed E-state index contributed by atoms with van der Waals surface area (Å²) in [6.45, 7) is 4.15. The molecule has 9 heteroatoms. The van der Waals surface area contributed by atoms with Crippen LogP contribution in [0.3, 0.4) is 0 Å². The van der Waals surface area contributed by atoms with Crippen molar-refractivity contribution >= 4 is 17.4 Å². The number of hydrogen-bond donors (Lipinski definition) is 1. The summed E-state index contributed by atoms with van der Waals surface area (Å²) in [7, 11) is 0. The van der Waals surface area contributed by atoms with E-state index < -0.39 is 0 Å². The molecule has 1 aliphatic heterocycles. The highest BCUT2D eigenvalue weighted by Crippen LogP contribution is 2.43. The zero-order chi connectivity index (χ0) is 24.6. The number of fused-ring (bicyclic) bond motifs is 3. The van der Waals surface area contributed by atoms with E-state index in [1.807, 2.05) is 37.4 Å². The van der Waals surface area contributed by atoms with Gasteiger partial charge in [0.1, 0.15) is 11.5 Å². The quantitative estimate of drug-likeness (QED) is 0.434. The summed E-state index contributed by atoms with van der Waals surface area (Å²) >= 11 is 0. The number of amides is 1. The molecule has 1 aromatic carbocycles. The molecule has 1 saturated carbocycles. The van der Waals surface area contributed by atoms with E-state index in [9.17, 15) is 4.79 Å². The van der Waals surface area contributed by atoms with Gasteiger partial charge < -0.3 is 10.2 Å². The number of aryl methyl sites for hydroxylation is 1. The van der Waals surface area contributed by atoms with Crippen LogP contribution < -0.4 is 10.2 Å². The maximum atomic E-state index is 12.9. The number of benzene rings is 1. The molecule has 0 saturated heterocycles. The third-order valence-corrected chi connectivity index (χ3v) is 7.17. The summed E-state index contributed by atoms with van der Waals surface area (Å²) in [6, 6.07) is 11.5. The first-order chi connectivity index (χ1) is 17.7. The SMILES string of the molecule is CC[C@@H]1c2nnc(C)n2-c2cnc(-c3ccncc3NC(=O)c3ccccc3)nc2N1C1CCCC1. The van der Waals surface area contributed by atoms with Crippen molar-refractivity contribution in [3.8, 4) is 17.1 Å². The summed E-state index contributed by atoms with van der Waals surface area (Å²) in [4.78, 5) is 29.4. The molecular weight excluding hydrogens is 452 g/mol. The molecule has 9 nitrogen and oxygen atoms in total. The molecule has 1 amide bonds. The van der Waals surface area contributed by atoms with Crippen LogP contribution >= 0.6 is 0 Å². The second kappa shape index (κ2) is 9.14. The Morgan fingerprint density at radius 2 is 1.89 bits per heavy atom. The maximum absolute atomic E-state index is 12.9. The molecular formula is C27H28N8O. The van der Waals surface area contributed by atoms with Crippen molar-refractivity contribution in [1.82, 2.24) is 29.7 Å². The van der Waals surface area contributed by atoms with Crippen LogP contribution in [0, 0.1) is 6.92 Å². The van der Waals surface area contributed by atoms with Gasteiger partial charge in [-0.25, -0.2) is 9.97 Å². The molecule has 1 aliphatic carbocycles. The average molecular weight is 481 g/mol. The van der Waals surface area contributed by atoms with Gasteiger partial charge in [-0.3, -0.25) is 14.3 Å². The van der Waals surface area contributed by atoms with E-state index in [2.05, 4.69) is 36.9 Å². The molecule has 36 heavy (non-hydrogen) atoms. The number of nitrogens with one attached hydrogen (secondary N) is 1. The Balaban J connectivity index is 1.45. The maximum Gasteiger partial charge on any atom is 0.255 e. The van der Waals surface area contributed by atoms with Crippen LogP contribution in [0.1, 0.15) is 67.1 Å². The number of hydrogen-bond acceptors (Lipinski definition) is 7. The number of carbonyl (C=O) groups excluding carboxylic acids is 1. The Bertz CT molecular complexity index is 1410. The lowest BCUT2D eigenvalue weighted by molar-refractivity contribution is 0.102. The van der Waals surface area contributed by atoms with Crippen LogP contribution in [0.4, 0.5) is 11.5 Å². The van der Waals surface area contributed by atoms with Gasteiger partial charge in [-0.05, 0) is 44.4 Å². The summed E-state index contributed by atoms with van der Waals surface area (Å²) in [5.41, 5.74) is 2.77. The van der Waals surface area contributed by atoms with Gasteiger partial charge in [-0.1, -0.05) is 38.0 Å². The van der Waals surface area contributed by atoms with Gasteiger partial charge in [0.05, 0.1) is 24.1 Å². The highest BCUT2D eigenvalue weighted by atomic mass is 16.1. The van der Waals surface area contributed by atoms with Crippen LogP contribution in [0.15, 0.2) is 55.0 Å². The smallest absolute Gasteiger partial charge is 0.255 e. The standard InChI is InChI=1S/C27H28N8O/c1-3-22-26-33-32-17(2)34(26)23-16-29-24(31-25(23)35(22)19-11-7-8-12-19)20-13-14-28-15-21(20)30-27(36)18-9-5-4-6-10-18/h4-6,9-10,13-16,19,22H,3,7-8,11-12H2,1-2H3,(H,30,36)/t22-/m1/s1. The van der Waals surface area contributed by atoms with Crippen LogP contribution in [0.25, 0.3) is 17.1 Å². The van der Waals surface area contributed by atoms with Crippen molar-refractivity contribution in [2.24, 2.45) is 0 Å². The molecule has 0 spiro atoms. The van der Waals surface area contributed by atoms with Crippen LogP contribution in [0.2, 0.25) is 0 Å². The number of nitrogens with zero attached hydrogens (tertiary/aromatic N) is 7. The number of anilines is 2. The lowest BCUT2D eigenvalue weighted by atomic mass is 10.0. The molecule has 1 fully saturated rings. The first-order valence-electron chi connectivity index (χ1n) is 12.5. The topological polar surface area (TPSA) is 102 Å². The van der Waals surface area contributed by atoms with E-state index in [0.29, 0.717) is 23.1 Å². The Labute approximate surface area is 209 Å². The average Bonchev–Trinajstić information content (AvgIpc) is 3.59. The molecule has 0 unspecified atom stereocenters. The van der Waals surface area contributed by atoms with Gasteiger partial charge in [0.25, 0.3) is 5.91 Å². The van der Waals surface area contributed by atoms with E-state index >= 15 is 0 Å². The normalized spacial score (nSPS) is 17.1. The molecule has 1 N–H and O–H groups in total. The second-order valence-electron chi connectivity index (χ2n) is 9.35. The lowest BCUT2D eigenvalue weighted by Gasteiger charge is -2.41. The first kappa shape index (κ1) is 22.3. The third kappa shape index (κ3) is 3.71. The Kier molecular flexibility index (Phi) is 5.67. The van der Waals surface area contributed by atoms with Crippen molar-refractivity contribution < 1.29 is 4.79 Å². The Hall–Kier alpha value is -4.14. The fraction of sp³-hybridized carbons (Fsp3) is 0.333. The summed E-state index contributed by atoms with van der Waals surface area (Å²) in [5, 5.41) is 11.9. The second-order valence-corrected chi connectivity index (χ2v) is 9.35. The van der Waals surface area contributed by atoms with Crippen molar-refractivity contribution in [1.29, 1.82) is 0 Å². The van der Waals surface area contributed by atoms with E-state index in [-0.39, 0.29) is 11.9 Å². The number of pyridine rings is 1. The predicted octanol–water partition coefficient (Wildman–Crippen LogP) is 4.89. The Morgan fingerprint density at radius 3 is 2.67 bits per heavy atom. The molecule has 2 aliphatic rings. The minimum absolute atomic E-state index is 0.0965. The third-order valence-electron chi connectivity index (χ3n) is 7.17. The van der Waals surface area contributed by atoms with Gasteiger partial charge in [-0.15, -0.1) is 10.2 Å². The van der Waals surface area contributed by atoms with Gasteiger partial charge in [0.15, 0.2) is 17.5 Å². The van der Waals surface area contributed by atoms with Gasteiger partial charge in [0.2, 0.25) is 0 Å². The minimum Gasteiger partial charge on any atom is -0.342 e. The monoisotopic (exact) mass is 480 g/mol. The summed E-state index contributed by atoms with van der Waals surface area (Å²) in [6.07, 6.45) is 10.8. The number of carbonyl (C=O) groups is 1. The highest BCUT2D eigenvalue weighted by molar-refractivity contribution is 6.05. The van der Waals surface area contributed by atoms with E-state index in [1.165, 1.54) is 12.8 Å². The highest BCUT2D eigenvalue weighted by Gasteiger charge is 2.39. The molecule has 0 radical (unpaired) electrons. The molecule has 0 bridgehead atoms. The van der Waals surface area contributed by atoms with Crippen LogP contribution in [-0.4, -0.2) is 41.7 Å². The zero-order valence-corrected chi connectivity index (χ0v) is 20.4. The van der Waals surface area contributed by atoms with Gasteiger partial charge in [0, 0.05) is 23.4 Å². The molecule has 4 aromatic rings. The van der Waals surface area contributed by atoms with Crippen molar-refractivity contribution in [3.05, 3.63) is 72.2 Å². The molecule has 3 aromatic heterocycles. The lowest BCUT2D eigenvalue weighted by Crippen LogP contribution is -2.42. The molecule has 182 valence electrons. The van der Waals surface area contributed by atoms with E-state index in [0.717, 1.165) is 48.0 Å². The van der Waals surface area contributed by atoms with Crippen molar-refractivity contribution in [2.75, 3.05) is 10.2 Å². The van der Waals surface area contributed by atoms with Crippen LogP contribution in [0.5, 0.6) is 0 Å². The fourth-order valence-electron chi connectivity index (χ4n) is 5.47. The largest absolute Gasteiger partial charge is 0.342 e. The fourth-order valence-corrected chi connectivity index (χ4v) is 5.47. The summed E-state index contributed by atoms with van der Waals surface area (Å²) in [5.74, 6) is 3.02. The minimum atomic E-state index is -0.203. The van der Waals surface area contributed by atoms with Crippen molar-refractivity contribution in [3.63, 3.8) is 0 Å². The van der Waals surface area contributed by atoms with Gasteiger partial charge in [-0.2, -0.15) is 0 Å². The number of rotatable bonds is 5. The van der Waals surface area contributed by atoms with Crippen LogP contribution in [-0.2, 0) is 0 Å². The molecule has 6 rings (SSSR count).